The van der Waals surface area contributed by atoms with Crippen LogP contribution in [-0.4, -0.2) is 41.0 Å². The molecule has 0 unspecified atom stereocenters. The van der Waals surface area contributed by atoms with Crippen LogP contribution in [0, 0.1) is 18.8 Å². The normalized spacial score (nSPS) is 26.2. The van der Waals surface area contributed by atoms with Gasteiger partial charge in [-0.15, -0.1) is 11.8 Å². The first kappa shape index (κ1) is 16.6. The van der Waals surface area contributed by atoms with Crippen molar-refractivity contribution in [1.29, 1.82) is 0 Å². The highest BCUT2D eigenvalue weighted by molar-refractivity contribution is 8.00. The third-order valence-corrected chi connectivity index (χ3v) is 6.90. The molecule has 132 valence electrons. The second-order valence-corrected chi connectivity index (χ2v) is 8.64. The number of hydrogen-bond donors (Lipinski definition) is 1. The minimum Gasteiger partial charge on any atom is -0.337 e. The summed E-state index contributed by atoms with van der Waals surface area (Å²) in [6.07, 6.45) is 4.93. The van der Waals surface area contributed by atoms with E-state index in [1.807, 2.05) is 25.1 Å². The van der Waals surface area contributed by atoms with Gasteiger partial charge in [-0.2, -0.15) is 0 Å². The van der Waals surface area contributed by atoms with Gasteiger partial charge in [-0.1, -0.05) is 24.5 Å². The second-order valence-electron chi connectivity index (χ2n) is 7.30. The third-order valence-electron chi connectivity index (χ3n) is 5.49. The van der Waals surface area contributed by atoms with Gasteiger partial charge in [0.25, 0.3) is 5.91 Å². The van der Waals surface area contributed by atoms with Crippen LogP contribution >= 0.6 is 11.8 Å². The van der Waals surface area contributed by atoms with E-state index >= 15 is 0 Å². The van der Waals surface area contributed by atoms with Crippen molar-refractivity contribution in [2.45, 2.75) is 42.8 Å². The van der Waals surface area contributed by atoms with Gasteiger partial charge in [0.2, 0.25) is 11.8 Å². The topological polar surface area (TPSA) is 66.5 Å². The number of aryl methyl sites for hydroxylation is 1. The molecule has 3 amide bonds. The Morgan fingerprint density at radius 2 is 1.76 bits per heavy atom. The zero-order valence-corrected chi connectivity index (χ0v) is 15.1. The van der Waals surface area contributed by atoms with Gasteiger partial charge in [-0.05, 0) is 31.9 Å². The molecule has 2 saturated heterocycles. The zero-order valence-electron chi connectivity index (χ0n) is 14.3. The van der Waals surface area contributed by atoms with E-state index in [1.54, 1.807) is 16.7 Å². The number of carbonyl (C=O) groups excluding carboxylic acids is 3. The number of benzene rings is 1. The van der Waals surface area contributed by atoms with E-state index in [-0.39, 0.29) is 29.6 Å². The van der Waals surface area contributed by atoms with E-state index in [0.717, 1.165) is 10.5 Å². The van der Waals surface area contributed by atoms with Crippen molar-refractivity contribution in [3.8, 4) is 0 Å². The quantitative estimate of drug-likeness (QED) is 0.843. The fourth-order valence-corrected chi connectivity index (χ4v) is 5.43. The summed E-state index contributed by atoms with van der Waals surface area (Å²) in [5.74, 6) is -1.30. The molecule has 25 heavy (non-hydrogen) atoms. The highest BCUT2D eigenvalue weighted by Crippen LogP contribution is 2.38. The molecule has 2 aliphatic heterocycles. The van der Waals surface area contributed by atoms with Crippen LogP contribution in [0.1, 0.15) is 41.6 Å². The molecular formula is C19H22N2O3S. The number of hydrogen-bond acceptors (Lipinski definition) is 4. The van der Waals surface area contributed by atoms with Gasteiger partial charge in [0.05, 0.1) is 17.4 Å². The van der Waals surface area contributed by atoms with Crippen molar-refractivity contribution in [1.82, 2.24) is 10.2 Å². The lowest BCUT2D eigenvalue weighted by Crippen LogP contribution is -2.35. The van der Waals surface area contributed by atoms with Crippen molar-refractivity contribution in [3.63, 3.8) is 0 Å². The van der Waals surface area contributed by atoms with Crippen LogP contribution in [0.5, 0.6) is 0 Å². The number of nitrogens with zero attached hydrogens (tertiary/aromatic N) is 1. The first-order valence-electron chi connectivity index (χ1n) is 8.94. The van der Waals surface area contributed by atoms with Gasteiger partial charge < -0.3 is 4.90 Å². The van der Waals surface area contributed by atoms with Crippen molar-refractivity contribution in [3.05, 3.63) is 29.3 Å². The Morgan fingerprint density at radius 1 is 1.12 bits per heavy atom. The maximum absolute atomic E-state index is 13.1. The Bertz CT molecular complexity index is 720. The highest BCUT2D eigenvalue weighted by atomic mass is 32.2. The fraction of sp³-hybridized carbons (Fsp3) is 0.526. The molecule has 3 fully saturated rings. The third kappa shape index (κ3) is 3.08. The monoisotopic (exact) mass is 358 g/mol. The Kier molecular flexibility index (Phi) is 4.31. The molecular weight excluding hydrogens is 336 g/mol. The van der Waals surface area contributed by atoms with Crippen molar-refractivity contribution < 1.29 is 14.4 Å². The Labute approximate surface area is 151 Å². The maximum Gasteiger partial charge on any atom is 0.255 e. The van der Waals surface area contributed by atoms with Crippen molar-refractivity contribution in [2.75, 3.05) is 13.1 Å². The van der Waals surface area contributed by atoms with Gasteiger partial charge in [0.15, 0.2) is 0 Å². The van der Waals surface area contributed by atoms with Crippen LogP contribution in [0.4, 0.5) is 0 Å². The lowest BCUT2D eigenvalue weighted by molar-refractivity contribution is -0.126. The predicted molar refractivity (Wildman–Crippen MR) is 95.3 cm³/mol. The van der Waals surface area contributed by atoms with E-state index in [2.05, 4.69) is 5.32 Å². The lowest BCUT2D eigenvalue weighted by Gasteiger charge is -2.20. The molecule has 1 saturated carbocycles. The Morgan fingerprint density at radius 3 is 2.40 bits per heavy atom. The standard InChI is InChI=1S/C19H22N2O3S/c1-11-6-7-16(25-12-4-2-3-5-12)13(8-11)19(24)21-9-14-15(10-21)18(23)20-17(14)22/h6-8,12,14-15H,2-5,9-10H2,1H3,(H,20,22,23)/t14-,15+. The number of rotatable bonds is 3. The highest BCUT2D eigenvalue weighted by Gasteiger charge is 2.49. The molecule has 6 heteroatoms. The van der Waals surface area contributed by atoms with E-state index in [1.165, 1.54) is 25.7 Å². The molecule has 5 nitrogen and oxygen atoms in total. The zero-order chi connectivity index (χ0) is 17.6. The molecule has 1 N–H and O–H groups in total. The average Bonchev–Trinajstić information content (AvgIpc) is 3.29. The summed E-state index contributed by atoms with van der Waals surface area (Å²) in [4.78, 5) is 39.5. The van der Waals surface area contributed by atoms with Gasteiger partial charge in [0, 0.05) is 23.2 Å². The first-order valence-corrected chi connectivity index (χ1v) is 9.82. The lowest BCUT2D eigenvalue weighted by atomic mass is 10.00. The number of imide groups is 1. The number of carbonyl (C=O) groups is 3. The van der Waals surface area contributed by atoms with Crippen LogP contribution in [0.15, 0.2) is 23.1 Å². The molecule has 3 aliphatic rings. The number of likely N-dealkylation sites (tertiary alicyclic amines) is 1. The summed E-state index contributed by atoms with van der Waals surface area (Å²) in [6.45, 7) is 2.65. The van der Waals surface area contributed by atoms with Gasteiger partial charge in [-0.25, -0.2) is 0 Å². The van der Waals surface area contributed by atoms with Gasteiger partial charge in [-0.3, -0.25) is 19.7 Å². The summed E-state index contributed by atoms with van der Waals surface area (Å²) in [6, 6.07) is 6.03. The van der Waals surface area contributed by atoms with Crippen molar-refractivity contribution in [2.24, 2.45) is 11.8 Å². The molecule has 0 spiro atoms. The summed E-state index contributed by atoms with van der Waals surface area (Å²) < 4.78 is 0. The summed E-state index contributed by atoms with van der Waals surface area (Å²) in [7, 11) is 0. The maximum atomic E-state index is 13.1. The Balaban J connectivity index is 1.56. The molecule has 1 aromatic carbocycles. The van der Waals surface area contributed by atoms with E-state index in [4.69, 9.17) is 0 Å². The number of fused-ring (bicyclic) bond motifs is 1. The van der Waals surface area contributed by atoms with E-state index in [0.29, 0.717) is 23.9 Å². The van der Waals surface area contributed by atoms with Crippen LogP contribution in [0.25, 0.3) is 0 Å². The fourth-order valence-electron chi connectivity index (χ4n) is 4.08. The minimum atomic E-state index is -0.382. The van der Waals surface area contributed by atoms with Crippen LogP contribution < -0.4 is 5.32 Å². The average molecular weight is 358 g/mol. The summed E-state index contributed by atoms with van der Waals surface area (Å²) >= 11 is 1.80. The molecule has 2 heterocycles. The first-order chi connectivity index (χ1) is 12.0. The minimum absolute atomic E-state index is 0.0563. The van der Waals surface area contributed by atoms with E-state index in [9.17, 15) is 14.4 Å². The summed E-state index contributed by atoms with van der Waals surface area (Å²) in [5.41, 5.74) is 1.76. The second kappa shape index (κ2) is 6.48. The molecule has 1 aromatic rings. The van der Waals surface area contributed by atoms with Crippen molar-refractivity contribution >= 4 is 29.5 Å². The SMILES string of the molecule is Cc1ccc(SC2CCCC2)c(C(=O)N2C[C@@H]3C(=O)NC(=O)[C@@H]3C2)c1. The largest absolute Gasteiger partial charge is 0.337 e. The van der Waals surface area contributed by atoms with Crippen LogP contribution in [-0.2, 0) is 9.59 Å². The number of amides is 3. The molecule has 1 aliphatic carbocycles. The molecule has 2 atom stereocenters. The number of thioether (sulfide) groups is 1. The van der Waals surface area contributed by atoms with Crippen LogP contribution in [0.3, 0.4) is 0 Å². The predicted octanol–water partition coefficient (Wildman–Crippen LogP) is 2.37. The Hall–Kier alpha value is -1.82. The molecule has 0 aromatic heterocycles. The van der Waals surface area contributed by atoms with Crippen LogP contribution in [0.2, 0.25) is 0 Å². The van der Waals surface area contributed by atoms with Gasteiger partial charge >= 0.3 is 0 Å². The molecule has 0 bridgehead atoms. The molecule has 4 rings (SSSR count). The van der Waals surface area contributed by atoms with E-state index < -0.39 is 0 Å². The van der Waals surface area contributed by atoms with Gasteiger partial charge in [0.1, 0.15) is 0 Å². The molecule has 0 radical (unpaired) electrons. The smallest absolute Gasteiger partial charge is 0.255 e. The number of nitrogens with one attached hydrogen (secondary N) is 1. The summed E-state index contributed by atoms with van der Waals surface area (Å²) in [5, 5.41) is 2.95.